The van der Waals surface area contributed by atoms with E-state index in [9.17, 15) is 29.1 Å². The Hall–Kier alpha value is -4.29. The zero-order chi connectivity index (χ0) is 36.0. The van der Waals surface area contributed by atoms with Gasteiger partial charge in [0.15, 0.2) is 0 Å². The summed E-state index contributed by atoms with van der Waals surface area (Å²) in [5.41, 5.74) is 7.33. The lowest BCUT2D eigenvalue weighted by Crippen LogP contribution is -2.56. The average Bonchev–Trinajstić information content (AvgIpc) is 3.05. The maximum Gasteiger partial charge on any atom is 0.328 e. The second kappa shape index (κ2) is 19.5. The molecular weight excluding hydrogens is 614 g/mol. The second-order valence-corrected chi connectivity index (χ2v) is 13.0. The molecule has 0 heterocycles. The van der Waals surface area contributed by atoms with Gasteiger partial charge in [-0.1, -0.05) is 88.4 Å². The van der Waals surface area contributed by atoms with E-state index in [1.54, 1.807) is 27.7 Å². The number of aliphatic hydroxyl groups is 1. The van der Waals surface area contributed by atoms with Crippen LogP contribution in [0.15, 0.2) is 60.7 Å². The van der Waals surface area contributed by atoms with Gasteiger partial charge in [-0.25, -0.2) is 4.79 Å². The summed E-state index contributed by atoms with van der Waals surface area (Å²) in [6, 6.07) is 14.1. The summed E-state index contributed by atoms with van der Waals surface area (Å²) in [5.74, 6) is -3.98. The van der Waals surface area contributed by atoms with Gasteiger partial charge in [0, 0.05) is 5.92 Å². The van der Waals surface area contributed by atoms with E-state index < -0.39 is 71.8 Å². The van der Waals surface area contributed by atoms with Crippen molar-refractivity contribution in [3.05, 3.63) is 71.8 Å². The van der Waals surface area contributed by atoms with Gasteiger partial charge in [-0.05, 0) is 56.1 Å². The highest BCUT2D eigenvalue weighted by Gasteiger charge is 2.34. The Labute approximate surface area is 284 Å². The molecule has 0 aliphatic rings. The number of benzene rings is 2. The average molecular weight is 668 g/mol. The fraction of sp³-hybridized carbons (Fsp3) is 0.528. The first-order valence-electron chi connectivity index (χ1n) is 16.4. The lowest BCUT2D eigenvalue weighted by Gasteiger charge is -2.30. The topological polar surface area (TPSA) is 189 Å². The number of nitrogens with two attached hydrogens (primary N) is 1. The molecule has 2 aromatic rings. The van der Waals surface area contributed by atoms with Crippen molar-refractivity contribution in [1.82, 2.24) is 21.3 Å². The Balaban J connectivity index is 2.36. The largest absolute Gasteiger partial charge is 0.467 e. The van der Waals surface area contributed by atoms with Crippen LogP contribution in [0, 0.1) is 17.8 Å². The smallest absolute Gasteiger partial charge is 0.328 e. The van der Waals surface area contributed by atoms with Gasteiger partial charge in [0.1, 0.15) is 18.1 Å². The molecule has 0 spiro atoms. The third-order valence-electron chi connectivity index (χ3n) is 8.14. The van der Waals surface area contributed by atoms with E-state index in [1.807, 2.05) is 60.7 Å². The summed E-state index contributed by atoms with van der Waals surface area (Å²) in [6.07, 6.45) is -0.745. The van der Waals surface area contributed by atoms with Crippen molar-refractivity contribution >= 4 is 29.6 Å². The van der Waals surface area contributed by atoms with Crippen LogP contribution in [0.3, 0.4) is 0 Å². The highest BCUT2D eigenvalue weighted by atomic mass is 16.5. The van der Waals surface area contributed by atoms with E-state index in [4.69, 9.17) is 10.5 Å². The van der Waals surface area contributed by atoms with Crippen molar-refractivity contribution in [2.75, 3.05) is 7.11 Å². The molecule has 12 heteroatoms. The van der Waals surface area contributed by atoms with Crippen molar-refractivity contribution in [3.63, 3.8) is 0 Å². The van der Waals surface area contributed by atoms with Crippen LogP contribution in [-0.4, -0.2) is 78.1 Å². The molecule has 12 nitrogen and oxygen atoms in total. The van der Waals surface area contributed by atoms with Crippen LogP contribution in [0.4, 0.5) is 0 Å². The molecule has 0 aromatic heterocycles. The summed E-state index contributed by atoms with van der Waals surface area (Å²) < 4.78 is 4.86. The number of hydrogen-bond donors (Lipinski definition) is 6. The molecule has 0 bridgehead atoms. The minimum Gasteiger partial charge on any atom is -0.467 e. The van der Waals surface area contributed by atoms with Crippen LogP contribution in [-0.2, 0) is 41.6 Å². The molecular formula is C36H53N5O7. The standard InChI is InChI=1S/C36H53N5O7/c1-21(2)30(35(46)41-31(22(3)4)36(47)48-7)40-34(45)27(18-25-14-10-8-11-15-25)20-29(42)28(19-26-16-12-9-13-17-26)39-33(44)24(6)38-32(43)23(5)37/h8-17,21-24,27-31,42H,18-20,37H2,1-7H3,(H,38,43)(H,39,44)(H,40,45)(H,41,46)/t23-,24-,27?,28-,29-,30+,31?/m0/s1. The number of rotatable bonds is 18. The van der Waals surface area contributed by atoms with Gasteiger partial charge in [0.25, 0.3) is 0 Å². The predicted molar refractivity (Wildman–Crippen MR) is 183 cm³/mol. The summed E-state index contributed by atoms with van der Waals surface area (Å²) in [6.45, 7) is 10.2. The van der Waals surface area contributed by atoms with Crippen molar-refractivity contribution < 1.29 is 33.8 Å². The fourth-order valence-electron chi connectivity index (χ4n) is 5.18. The molecule has 0 aliphatic carbocycles. The first-order valence-corrected chi connectivity index (χ1v) is 16.4. The molecule has 2 rings (SSSR count). The van der Waals surface area contributed by atoms with Gasteiger partial charge in [-0.3, -0.25) is 19.2 Å². The summed E-state index contributed by atoms with van der Waals surface area (Å²) in [7, 11) is 1.25. The van der Waals surface area contributed by atoms with E-state index in [-0.39, 0.29) is 31.1 Å². The minimum atomic E-state index is -1.19. The molecule has 48 heavy (non-hydrogen) atoms. The van der Waals surface area contributed by atoms with Crippen LogP contribution in [0.5, 0.6) is 0 Å². The number of aliphatic hydroxyl groups excluding tert-OH is 1. The number of nitrogens with one attached hydrogen (secondary N) is 4. The number of methoxy groups -OCH3 is 1. The third kappa shape index (κ3) is 12.7. The maximum absolute atomic E-state index is 14.0. The molecule has 0 radical (unpaired) electrons. The number of hydrogen-bond acceptors (Lipinski definition) is 8. The fourth-order valence-corrected chi connectivity index (χ4v) is 5.18. The normalized spacial score (nSPS) is 15.6. The highest BCUT2D eigenvalue weighted by Crippen LogP contribution is 2.20. The van der Waals surface area contributed by atoms with Gasteiger partial charge in [0.2, 0.25) is 23.6 Å². The van der Waals surface area contributed by atoms with Crippen molar-refractivity contribution in [3.8, 4) is 0 Å². The first kappa shape index (κ1) is 39.9. The monoisotopic (exact) mass is 667 g/mol. The van der Waals surface area contributed by atoms with Gasteiger partial charge >= 0.3 is 5.97 Å². The highest BCUT2D eigenvalue weighted by molar-refractivity contribution is 5.92. The van der Waals surface area contributed by atoms with Gasteiger partial charge in [-0.2, -0.15) is 0 Å². The molecule has 7 N–H and O–H groups in total. The molecule has 0 saturated heterocycles. The third-order valence-corrected chi connectivity index (χ3v) is 8.14. The Kier molecular flexibility index (Phi) is 16.2. The molecule has 0 aliphatic heterocycles. The molecule has 2 unspecified atom stereocenters. The van der Waals surface area contributed by atoms with Crippen LogP contribution in [0.25, 0.3) is 0 Å². The van der Waals surface area contributed by atoms with E-state index in [2.05, 4.69) is 21.3 Å². The quantitative estimate of drug-likeness (QED) is 0.129. The van der Waals surface area contributed by atoms with Gasteiger partial charge in [-0.15, -0.1) is 0 Å². The number of amides is 4. The Morgan fingerprint density at radius 1 is 0.667 bits per heavy atom. The first-order chi connectivity index (χ1) is 22.6. The lowest BCUT2D eigenvalue weighted by atomic mass is 9.88. The SMILES string of the molecule is COC(=O)C(NC(=O)[C@H](NC(=O)C(Cc1ccccc1)C[C@H](O)[C@H](Cc1ccccc1)NC(=O)[C@H](C)NC(=O)[C@H](C)N)C(C)C)C(C)C. The van der Waals surface area contributed by atoms with E-state index in [0.29, 0.717) is 0 Å². The summed E-state index contributed by atoms with van der Waals surface area (Å²) in [5, 5.41) is 22.7. The Morgan fingerprint density at radius 2 is 1.17 bits per heavy atom. The second-order valence-electron chi connectivity index (χ2n) is 13.0. The molecule has 7 atom stereocenters. The summed E-state index contributed by atoms with van der Waals surface area (Å²) >= 11 is 0. The van der Waals surface area contributed by atoms with E-state index >= 15 is 0 Å². The number of carbonyl (C=O) groups excluding carboxylic acids is 5. The lowest BCUT2D eigenvalue weighted by molar-refractivity contribution is -0.147. The van der Waals surface area contributed by atoms with Crippen LogP contribution in [0.2, 0.25) is 0 Å². The van der Waals surface area contributed by atoms with Crippen molar-refractivity contribution in [2.24, 2.45) is 23.5 Å². The Morgan fingerprint density at radius 3 is 1.65 bits per heavy atom. The number of ether oxygens (including phenoxy) is 1. The minimum absolute atomic E-state index is 0.0533. The van der Waals surface area contributed by atoms with Crippen LogP contribution >= 0.6 is 0 Å². The van der Waals surface area contributed by atoms with Crippen molar-refractivity contribution in [1.29, 1.82) is 0 Å². The zero-order valence-corrected chi connectivity index (χ0v) is 29.1. The van der Waals surface area contributed by atoms with Gasteiger partial charge < -0.3 is 36.8 Å². The number of esters is 1. The van der Waals surface area contributed by atoms with Crippen molar-refractivity contribution in [2.45, 2.75) is 97.1 Å². The Bertz CT molecular complexity index is 1340. The van der Waals surface area contributed by atoms with Crippen LogP contribution < -0.4 is 27.0 Å². The molecule has 264 valence electrons. The number of carbonyl (C=O) groups is 5. The predicted octanol–water partition coefficient (Wildman–Crippen LogP) is 1.63. The molecule has 0 saturated carbocycles. The van der Waals surface area contributed by atoms with E-state index in [0.717, 1.165) is 11.1 Å². The molecule has 2 aromatic carbocycles. The molecule has 4 amide bonds. The summed E-state index contributed by atoms with van der Waals surface area (Å²) in [4.78, 5) is 65.0. The van der Waals surface area contributed by atoms with E-state index in [1.165, 1.54) is 21.0 Å². The van der Waals surface area contributed by atoms with Crippen LogP contribution in [0.1, 0.15) is 59.1 Å². The zero-order valence-electron chi connectivity index (χ0n) is 29.1. The maximum atomic E-state index is 14.0. The van der Waals surface area contributed by atoms with Gasteiger partial charge in [0.05, 0.1) is 25.3 Å². The molecule has 0 fully saturated rings.